The highest BCUT2D eigenvalue weighted by Crippen LogP contribution is 2.43. The Kier molecular flexibility index (Phi) is 4.32. The van der Waals surface area contributed by atoms with E-state index in [-0.39, 0.29) is 28.1 Å². The molecule has 0 N–H and O–H groups in total. The number of benzene rings is 2. The molecule has 0 saturated heterocycles. The smallest absolute Gasteiger partial charge is 0.313 e. The van der Waals surface area contributed by atoms with E-state index >= 15 is 0 Å². The molecule has 6 heteroatoms. The first kappa shape index (κ1) is 16.5. The predicted molar refractivity (Wildman–Crippen MR) is 88.1 cm³/mol. The van der Waals surface area contributed by atoms with Crippen molar-refractivity contribution >= 4 is 15.8 Å². The molecular weight excluding hydrogens is 328 g/mol. The van der Waals surface area contributed by atoms with Crippen molar-refractivity contribution in [2.45, 2.75) is 36.0 Å². The first-order valence-corrected chi connectivity index (χ1v) is 9.30. The van der Waals surface area contributed by atoms with Crippen molar-refractivity contribution in [3.63, 3.8) is 0 Å². The molecule has 0 saturated carbocycles. The van der Waals surface area contributed by atoms with E-state index in [9.17, 15) is 13.2 Å². The van der Waals surface area contributed by atoms with Gasteiger partial charge in [-0.25, -0.2) is 8.42 Å². The second kappa shape index (κ2) is 6.28. The molecule has 1 aliphatic rings. The second-order valence-electron chi connectivity index (χ2n) is 5.47. The molecule has 0 amide bonds. The van der Waals surface area contributed by atoms with Crippen molar-refractivity contribution in [2.24, 2.45) is 0 Å². The standard InChI is InChI=1S/C18H18O5S/c1-3-13(18(19)22-4-2)12-9-10-15-17(11-12)24(20,21)16-8-6-5-7-14(16)23-15/h5-11,13H,3-4H2,1-2H3. The Hall–Kier alpha value is -2.34. The van der Waals surface area contributed by atoms with Gasteiger partial charge in [0.05, 0.1) is 12.5 Å². The topological polar surface area (TPSA) is 69.7 Å². The van der Waals surface area contributed by atoms with Crippen LogP contribution in [0.1, 0.15) is 31.7 Å². The minimum atomic E-state index is -3.68. The summed E-state index contributed by atoms with van der Waals surface area (Å²) in [4.78, 5) is 12.3. The SMILES string of the molecule is CCOC(=O)C(CC)c1ccc2c(c1)S(=O)(=O)c1ccccc1O2. The maximum atomic E-state index is 12.9. The van der Waals surface area contributed by atoms with Crippen molar-refractivity contribution < 1.29 is 22.7 Å². The van der Waals surface area contributed by atoms with Crippen molar-refractivity contribution in [3.05, 3.63) is 48.0 Å². The van der Waals surface area contributed by atoms with Gasteiger partial charge in [-0.2, -0.15) is 0 Å². The minimum Gasteiger partial charge on any atom is -0.466 e. The lowest BCUT2D eigenvalue weighted by Gasteiger charge is -2.22. The highest BCUT2D eigenvalue weighted by atomic mass is 32.2. The third-order valence-corrected chi connectivity index (χ3v) is 5.81. The molecule has 0 aliphatic carbocycles. The Morgan fingerprint density at radius 2 is 1.79 bits per heavy atom. The molecule has 0 aromatic heterocycles. The number of hydrogen-bond acceptors (Lipinski definition) is 5. The van der Waals surface area contributed by atoms with Gasteiger partial charge < -0.3 is 9.47 Å². The van der Waals surface area contributed by atoms with Gasteiger partial charge >= 0.3 is 5.97 Å². The lowest BCUT2D eigenvalue weighted by atomic mass is 9.96. The van der Waals surface area contributed by atoms with Crippen LogP contribution in [0.4, 0.5) is 0 Å². The van der Waals surface area contributed by atoms with Gasteiger partial charge in [0, 0.05) is 0 Å². The van der Waals surface area contributed by atoms with E-state index in [0.29, 0.717) is 17.7 Å². The van der Waals surface area contributed by atoms with Gasteiger partial charge in [0.1, 0.15) is 21.3 Å². The highest BCUT2D eigenvalue weighted by Gasteiger charge is 2.32. The summed E-state index contributed by atoms with van der Waals surface area (Å²) in [7, 11) is -3.68. The molecular formula is C18H18O5S. The van der Waals surface area contributed by atoms with Crippen LogP contribution in [0.15, 0.2) is 52.3 Å². The molecule has 0 radical (unpaired) electrons. The zero-order valence-corrected chi connectivity index (χ0v) is 14.3. The van der Waals surface area contributed by atoms with E-state index < -0.39 is 15.8 Å². The average molecular weight is 346 g/mol. The zero-order valence-electron chi connectivity index (χ0n) is 13.5. The van der Waals surface area contributed by atoms with Gasteiger partial charge in [-0.15, -0.1) is 0 Å². The van der Waals surface area contributed by atoms with E-state index in [0.717, 1.165) is 0 Å². The maximum Gasteiger partial charge on any atom is 0.313 e. The minimum absolute atomic E-state index is 0.0847. The van der Waals surface area contributed by atoms with Gasteiger partial charge in [0.15, 0.2) is 0 Å². The Morgan fingerprint density at radius 3 is 2.50 bits per heavy atom. The van der Waals surface area contributed by atoms with Crippen LogP contribution in [-0.2, 0) is 19.4 Å². The van der Waals surface area contributed by atoms with Gasteiger partial charge in [-0.1, -0.05) is 25.1 Å². The normalized spacial score (nSPS) is 15.6. The van der Waals surface area contributed by atoms with Crippen molar-refractivity contribution in [1.29, 1.82) is 0 Å². The van der Waals surface area contributed by atoms with Crippen molar-refractivity contribution in [1.82, 2.24) is 0 Å². The quantitative estimate of drug-likeness (QED) is 0.674. The predicted octanol–water partition coefficient (Wildman–Crippen LogP) is 3.68. The lowest BCUT2D eigenvalue weighted by molar-refractivity contribution is -0.145. The fraction of sp³-hybridized carbons (Fsp3) is 0.278. The fourth-order valence-corrected chi connectivity index (χ4v) is 4.35. The molecule has 0 fully saturated rings. The van der Waals surface area contributed by atoms with Gasteiger partial charge in [0.25, 0.3) is 0 Å². The first-order chi connectivity index (χ1) is 11.5. The third kappa shape index (κ3) is 2.67. The number of esters is 1. The molecule has 1 heterocycles. The third-order valence-electron chi connectivity index (χ3n) is 4.00. The zero-order chi connectivity index (χ0) is 17.3. The summed E-state index contributed by atoms with van der Waals surface area (Å²) < 4.78 is 36.5. The Balaban J connectivity index is 2.08. The molecule has 5 nitrogen and oxygen atoms in total. The number of sulfone groups is 1. The molecule has 1 aliphatic heterocycles. The monoisotopic (exact) mass is 346 g/mol. The molecule has 0 bridgehead atoms. The molecule has 1 atom stereocenters. The Bertz CT molecular complexity index is 886. The Morgan fingerprint density at radius 1 is 1.08 bits per heavy atom. The Labute approximate surface area is 141 Å². The summed E-state index contributed by atoms with van der Waals surface area (Å²) in [6, 6.07) is 11.4. The number of carbonyl (C=O) groups excluding carboxylic acids is 1. The van der Waals surface area contributed by atoms with Crippen LogP contribution in [0.25, 0.3) is 0 Å². The molecule has 1 unspecified atom stereocenters. The first-order valence-electron chi connectivity index (χ1n) is 7.81. The number of rotatable bonds is 4. The summed E-state index contributed by atoms with van der Waals surface area (Å²) in [5.41, 5.74) is 0.612. The molecule has 3 rings (SSSR count). The van der Waals surface area contributed by atoms with Crippen LogP contribution in [0.3, 0.4) is 0 Å². The van der Waals surface area contributed by atoms with Gasteiger partial charge in [-0.05, 0) is 43.2 Å². The number of carbonyl (C=O) groups is 1. The van der Waals surface area contributed by atoms with E-state index in [1.54, 1.807) is 37.3 Å². The van der Waals surface area contributed by atoms with Crippen LogP contribution >= 0.6 is 0 Å². The molecule has 126 valence electrons. The molecule has 2 aromatic carbocycles. The number of fused-ring (bicyclic) bond motifs is 2. The van der Waals surface area contributed by atoms with E-state index in [1.807, 2.05) is 6.92 Å². The highest BCUT2D eigenvalue weighted by molar-refractivity contribution is 7.91. The number of hydrogen-bond donors (Lipinski definition) is 0. The van der Waals surface area contributed by atoms with Crippen molar-refractivity contribution in [2.75, 3.05) is 6.61 Å². The van der Waals surface area contributed by atoms with Crippen molar-refractivity contribution in [3.8, 4) is 11.5 Å². The van der Waals surface area contributed by atoms with Crippen LogP contribution in [0.2, 0.25) is 0 Å². The summed E-state index contributed by atoms with van der Waals surface area (Å²) in [5, 5.41) is 0. The summed E-state index contributed by atoms with van der Waals surface area (Å²) in [6.07, 6.45) is 0.523. The van der Waals surface area contributed by atoms with Crippen LogP contribution in [0, 0.1) is 0 Å². The maximum absolute atomic E-state index is 12.9. The van der Waals surface area contributed by atoms with E-state index in [2.05, 4.69) is 0 Å². The van der Waals surface area contributed by atoms with E-state index in [1.165, 1.54) is 12.1 Å². The largest absolute Gasteiger partial charge is 0.466 e. The lowest BCUT2D eigenvalue weighted by Crippen LogP contribution is -2.17. The van der Waals surface area contributed by atoms with Crippen LogP contribution in [-0.4, -0.2) is 21.0 Å². The molecule has 2 aromatic rings. The van der Waals surface area contributed by atoms with Crippen LogP contribution < -0.4 is 4.74 Å². The summed E-state index contributed by atoms with van der Waals surface area (Å²) in [5.74, 6) is -0.261. The van der Waals surface area contributed by atoms with Crippen LogP contribution in [0.5, 0.6) is 11.5 Å². The molecule has 0 spiro atoms. The van der Waals surface area contributed by atoms with E-state index in [4.69, 9.17) is 9.47 Å². The average Bonchev–Trinajstić information content (AvgIpc) is 2.56. The van der Waals surface area contributed by atoms with Gasteiger partial charge in [0.2, 0.25) is 9.84 Å². The summed E-state index contributed by atoms with van der Waals surface area (Å²) in [6.45, 7) is 3.89. The number of ether oxygens (including phenoxy) is 2. The van der Waals surface area contributed by atoms with Gasteiger partial charge in [-0.3, -0.25) is 4.79 Å². The second-order valence-corrected chi connectivity index (χ2v) is 7.36. The number of para-hydroxylation sites is 1. The molecule has 24 heavy (non-hydrogen) atoms. The fourth-order valence-electron chi connectivity index (χ4n) is 2.81. The summed E-state index contributed by atoms with van der Waals surface area (Å²) >= 11 is 0.